The number of sulfone groups is 1. The van der Waals surface area contributed by atoms with Crippen molar-refractivity contribution in [1.29, 1.82) is 0 Å². The minimum Gasteiger partial charge on any atom is -0.320 e. The largest absolute Gasteiger partial charge is 0.320 e. The lowest BCUT2D eigenvalue weighted by Crippen LogP contribution is -2.17. The highest BCUT2D eigenvalue weighted by Gasteiger charge is 2.25. The van der Waals surface area contributed by atoms with E-state index in [9.17, 15) is 17.6 Å². The summed E-state index contributed by atoms with van der Waals surface area (Å²) in [4.78, 5) is 13.6. The second kappa shape index (κ2) is 8.90. The van der Waals surface area contributed by atoms with Gasteiger partial charge in [0, 0.05) is 13.8 Å². The Hall–Kier alpha value is -1.94. The van der Waals surface area contributed by atoms with E-state index in [1.165, 1.54) is 30.0 Å². The molecule has 0 bridgehead atoms. The third kappa shape index (κ3) is 4.95. The molecule has 1 aliphatic rings. The molecule has 3 aromatic rings. The fourth-order valence-electron chi connectivity index (χ4n) is 2.98. The van der Waals surface area contributed by atoms with Crippen molar-refractivity contribution in [3.8, 4) is 0 Å². The number of thioether (sulfide) groups is 1. The number of nitrogens with one attached hydrogen (secondary N) is 1. The minimum atomic E-state index is -3.63. The van der Waals surface area contributed by atoms with Gasteiger partial charge in [-0.25, -0.2) is 12.8 Å². The average Bonchev–Trinajstić information content (AvgIpc) is 2.73. The lowest BCUT2D eigenvalue weighted by molar-refractivity contribution is -0.112. The van der Waals surface area contributed by atoms with Gasteiger partial charge in [-0.1, -0.05) is 61.8 Å². The predicted molar refractivity (Wildman–Crippen MR) is 128 cm³/mol. The molecule has 0 saturated heterocycles. The van der Waals surface area contributed by atoms with Crippen LogP contribution in [0.2, 0.25) is 0 Å². The van der Waals surface area contributed by atoms with Crippen LogP contribution in [0.25, 0.3) is 6.08 Å². The normalized spacial score (nSPS) is 14.9. The van der Waals surface area contributed by atoms with E-state index in [1.807, 2.05) is 6.07 Å². The molecule has 1 N–H and O–H groups in total. The van der Waals surface area contributed by atoms with Crippen molar-refractivity contribution in [2.75, 3.05) is 5.32 Å². The Morgan fingerprint density at radius 2 is 1.68 bits per heavy atom. The Bertz CT molecular complexity index is 1300. The minimum absolute atomic E-state index is 0.165. The number of hydrogen-bond acceptors (Lipinski definition) is 4. The molecule has 1 aliphatic heterocycles. The summed E-state index contributed by atoms with van der Waals surface area (Å²) in [6, 6.07) is 15.8. The molecular weight excluding hydrogens is 569 g/mol. The molecule has 0 atom stereocenters. The van der Waals surface area contributed by atoms with Gasteiger partial charge in [-0.15, -0.1) is 0 Å². The molecule has 0 aliphatic carbocycles. The zero-order valence-corrected chi connectivity index (χ0v) is 20.5. The van der Waals surface area contributed by atoms with Crippen LogP contribution >= 0.6 is 43.6 Å². The fourth-order valence-corrected chi connectivity index (χ4v) is 7.13. The van der Waals surface area contributed by atoms with E-state index in [0.717, 1.165) is 0 Å². The van der Waals surface area contributed by atoms with Gasteiger partial charge in [0.15, 0.2) is 9.84 Å². The van der Waals surface area contributed by atoms with Crippen LogP contribution < -0.4 is 5.32 Å². The van der Waals surface area contributed by atoms with Gasteiger partial charge < -0.3 is 5.32 Å². The highest BCUT2D eigenvalue weighted by Crippen LogP contribution is 2.40. The molecule has 0 aromatic heterocycles. The third-order valence-corrected chi connectivity index (χ3v) is 8.78. The van der Waals surface area contributed by atoms with Crippen molar-refractivity contribution in [2.24, 2.45) is 0 Å². The second-order valence-corrected chi connectivity index (χ2v) is 11.5. The fraction of sp³-hybridized carbons (Fsp3) is 0.0455. The summed E-state index contributed by atoms with van der Waals surface area (Å²) in [6.45, 7) is 0. The zero-order valence-electron chi connectivity index (χ0n) is 15.7. The molecule has 1 heterocycles. The maximum absolute atomic E-state index is 13.1. The van der Waals surface area contributed by atoms with Crippen molar-refractivity contribution < 1.29 is 17.6 Å². The van der Waals surface area contributed by atoms with Gasteiger partial charge in [0.25, 0.3) is 5.91 Å². The highest BCUT2D eigenvalue weighted by atomic mass is 79.9. The van der Waals surface area contributed by atoms with Crippen molar-refractivity contribution >= 4 is 71.1 Å². The maximum Gasteiger partial charge on any atom is 0.262 e. The lowest BCUT2D eigenvalue weighted by Gasteiger charge is -2.19. The standard InChI is InChI=1S/C22H14Br2FNO3S2/c23-17-2-1-3-18(24)16(17)12-31(28,29)15-8-9-19-20(11-15)30-21(22(27)26-19)10-13-4-6-14(25)7-5-13/h1-11H,12H2,(H,26,27)/b21-10+. The van der Waals surface area contributed by atoms with Crippen molar-refractivity contribution in [2.45, 2.75) is 15.5 Å². The average molecular weight is 583 g/mol. The number of amides is 1. The molecule has 9 heteroatoms. The number of halogens is 3. The molecule has 3 aromatic carbocycles. The van der Waals surface area contributed by atoms with Crippen LogP contribution in [0, 0.1) is 5.82 Å². The first-order valence-electron chi connectivity index (χ1n) is 8.99. The number of fused-ring (bicyclic) bond motifs is 1. The Kier molecular flexibility index (Phi) is 6.39. The number of benzene rings is 3. The molecule has 158 valence electrons. The SMILES string of the molecule is O=C1Nc2ccc(S(=O)(=O)Cc3c(Br)cccc3Br)cc2S/C1=C/c1ccc(F)cc1. The number of carbonyl (C=O) groups excluding carboxylic acids is 1. The van der Waals surface area contributed by atoms with Gasteiger partial charge in [0.2, 0.25) is 0 Å². The summed E-state index contributed by atoms with van der Waals surface area (Å²) in [5.41, 5.74) is 1.86. The van der Waals surface area contributed by atoms with E-state index in [1.54, 1.807) is 42.5 Å². The number of carbonyl (C=O) groups is 1. The van der Waals surface area contributed by atoms with Crippen LogP contribution in [0.3, 0.4) is 0 Å². The lowest BCUT2D eigenvalue weighted by atomic mass is 10.2. The Balaban J connectivity index is 1.65. The molecule has 31 heavy (non-hydrogen) atoms. The van der Waals surface area contributed by atoms with Crippen molar-refractivity contribution in [3.63, 3.8) is 0 Å². The van der Waals surface area contributed by atoms with Crippen molar-refractivity contribution in [3.05, 3.63) is 91.5 Å². The van der Waals surface area contributed by atoms with Crippen molar-refractivity contribution in [1.82, 2.24) is 0 Å². The summed E-state index contributed by atoms with van der Waals surface area (Å²) in [5, 5.41) is 2.78. The molecular formula is C22H14Br2FNO3S2. The van der Waals surface area contributed by atoms with Crippen LogP contribution in [0.15, 0.2) is 84.3 Å². The van der Waals surface area contributed by atoms with Gasteiger partial charge in [-0.2, -0.15) is 0 Å². The van der Waals surface area contributed by atoms with E-state index in [0.29, 0.717) is 35.6 Å². The molecule has 0 saturated carbocycles. The molecule has 0 spiro atoms. The summed E-state index contributed by atoms with van der Waals surface area (Å²) < 4.78 is 40.7. The molecule has 1 amide bonds. The topological polar surface area (TPSA) is 63.2 Å². The van der Waals surface area contributed by atoms with Gasteiger partial charge in [-0.3, -0.25) is 4.79 Å². The third-order valence-electron chi connectivity index (χ3n) is 4.57. The first kappa shape index (κ1) is 22.3. The summed E-state index contributed by atoms with van der Waals surface area (Å²) in [5.74, 6) is -0.835. The number of anilines is 1. The van der Waals surface area contributed by atoms with Crippen LogP contribution in [-0.4, -0.2) is 14.3 Å². The first-order chi connectivity index (χ1) is 14.7. The van der Waals surface area contributed by atoms with E-state index >= 15 is 0 Å². The summed E-state index contributed by atoms with van der Waals surface area (Å²) in [6.07, 6.45) is 1.64. The van der Waals surface area contributed by atoms with Crippen LogP contribution in [0.1, 0.15) is 11.1 Å². The van der Waals surface area contributed by atoms with Gasteiger partial charge in [-0.05, 0) is 59.7 Å². The first-order valence-corrected chi connectivity index (χ1v) is 13.0. The van der Waals surface area contributed by atoms with Gasteiger partial charge in [0.1, 0.15) is 5.82 Å². The van der Waals surface area contributed by atoms with Gasteiger partial charge in [0.05, 0.1) is 21.2 Å². The van der Waals surface area contributed by atoms with Crippen LogP contribution in [-0.2, 0) is 20.4 Å². The summed E-state index contributed by atoms with van der Waals surface area (Å²) in [7, 11) is -3.63. The van der Waals surface area contributed by atoms with Crippen LogP contribution in [0.5, 0.6) is 0 Å². The van der Waals surface area contributed by atoms with E-state index in [4.69, 9.17) is 0 Å². The summed E-state index contributed by atoms with van der Waals surface area (Å²) >= 11 is 7.99. The molecule has 0 fully saturated rings. The Morgan fingerprint density at radius 3 is 2.35 bits per heavy atom. The molecule has 4 nitrogen and oxygen atoms in total. The van der Waals surface area contributed by atoms with Gasteiger partial charge >= 0.3 is 0 Å². The maximum atomic E-state index is 13.1. The smallest absolute Gasteiger partial charge is 0.262 e. The zero-order chi connectivity index (χ0) is 22.2. The van der Waals surface area contributed by atoms with E-state index in [-0.39, 0.29) is 22.4 Å². The Morgan fingerprint density at radius 1 is 1.00 bits per heavy atom. The predicted octanol–water partition coefficient (Wildman–Crippen LogP) is 6.41. The molecule has 0 radical (unpaired) electrons. The quantitative estimate of drug-likeness (QED) is 0.361. The number of rotatable bonds is 4. The van der Waals surface area contributed by atoms with E-state index in [2.05, 4.69) is 37.2 Å². The Labute approximate surface area is 200 Å². The van der Waals surface area contributed by atoms with E-state index < -0.39 is 9.84 Å². The van der Waals surface area contributed by atoms with Crippen LogP contribution in [0.4, 0.5) is 10.1 Å². The number of hydrogen-bond donors (Lipinski definition) is 1. The molecule has 4 rings (SSSR count). The monoisotopic (exact) mass is 581 g/mol. The highest BCUT2D eigenvalue weighted by molar-refractivity contribution is 9.11. The second-order valence-electron chi connectivity index (χ2n) is 6.73. The molecule has 0 unspecified atom stereocenters.